The first-order valence-electron chi connectivity index (χ1n) is 6.10. The molecule has 0 saturated carbocycles. The molecule has 3 unspecified atom stereocenters. The lowest BCUT2D eigenvalue weighted by Crippen LogP contribution is -2.41. The summed E-state index contributed by atoms with van der Waals surface area (Å²) in [5.74, 6) is 0.610. The Kier molecular flexibility index (Phi) is 5.58. The van der Waals surface area contributed by atoms with Gasteiger partial charge in [0.1, 0.15) is 0 Å². The fraction of sp³-hybridized carbons (Fsp3) is 1.00. The molecule has 0 spiro atoms. The lowest BCUT2D eigenvalue weighted by atomic mass is 9.97. The molecule has 3 heteroatoms. The Labute approximate surface area is 93.5 Å². The number of hydrogen-bond acceptors (Lipinski definition) is 3. The Bertz CT molecular complexity index is 173. The van der Waals surface area contributed by atoms with Crippen LogP contribution in [0.3, 0.4) is 0 Å². The Morgan fingerprint density at radius 3 is 2.67 bits per heavy atom. The average molecular weight is 215 g/mol. The van der Waals surface area contributed by atoms with E-state index in [-0.39, 0.29) is 0 Å². The first kappa shape index (κ1) is 12.9. The summed E-state index contributed by atoms with van der Waals surface area (Å²) < 4.78 is 11.3. The summed E-state index contributed by atoms with van der Waals surface area (Å²) in [6, 6.07) is 0.447. The summed E-state index contributed by atoms with van der Waals surface area (Å²) in [6.45, 7) is 11.1. The Balaban J connectivity index is 2.35. The van der Waals surface area contributed by atoms with E-state index >= 15 is 0 Å². The Morgan fingerprint density at radius 2 is 2.20 bits per heavy atom. The zero-order chi connectivity index (χ0) is 11.3. The van der Waals surface area contributed by atoms with Crippen molar-refractivity contribution in [2.75, 3.05) is 19.8 Å². The van der Waals surface area contributed by atoms with Crippen LogP contribution in [0, 0.1) is 5.92 Å². The normalized spacial score (nSPS) is 28.6. The third-order valence-electron chi connectivity index (χ3n) is 2.87. The summed E-state index contributed by atoms with van der Waals surface area (Å²) in [4.78, 5) is 0. The summed E-state index contributed by atoms with van der Waals surface area (Å²) in [5, 5.41) is 3.50. The number of likely N-dealkylation sites (N-methyl/N-ethyl adjacent to an activating group) is 1. The summed E-state index contributed by atoms with van der Waals surface area (Å²) >= 11 is 0. The van der Waals surface area contributed by atoms with Gasteiger partial charge in [-0.25, -0.2) is 0 Å². The molecular weight excluding hydrogens is 190 g/mol. The van der Waals surface area contributed by atoms with Gasteiger partial charge in [0.2, 0.25) is 0 Å². The number of hydrogen-bond donors (Lipinski definition) is 1. The third-order valence-corrected chi connectivity index (χ3v) is 2.87. The van der Waals surface area contributed by atoms with Crippen molar-refractivity contribution in [1.82, 2.24) is 5.32 Å². The van der Waals surface area contributed by atoms with Gasteiger partial charge in [-0.2, -0.15) is 0 Å². The highest BCUT2D eigenvalue weighted by Gasteiger charge is 2.29. The van der Waals surface area contributed by atoms with E-state index < -0.39 is 0 Å². The molecule has 0 aromatic heterocycles. The van der Waals surface area contributed by atoms with Crippen molar-refractivity contribution >= 4 is 0 Å². The minimum atomic E-state index is 0.311. The molecule has 0 bridgehead atoms. The average Bonchev–Trinajstić information content (AvgIpc) is 2.59. The lowest BCUT2D eigenvalue weighted by molar-refractivity contribution is 0.0452. The minimum absolute atomic E-state index is 0.311. The van der Waals surface area contributed by atoms with Crippen LogP contribution in [-0.2, 0) is 9.47 Å². The molecule has 1 fully saturated rings. The molecule has 1 saturated heterocycles. The lowest BCUT2D eigenvalue weighted by Gasteiger charge is -2.24. The smallest absolute Gasteiger partial charge is 0.0626 e. The first-order valence-corrected chi connectivity index (χ1v) is 6.10. The fourth-order valence-corrected chi connectivity index (χ4v) is 2.05. The number of rotatable bonds is 6. The van der Waals surface area contributed by atoms with Gasteiger partial charge in [-0.15, -0.1) is 0 Å². The molecule has 1 aliphatic rings. The van der Waals surface area contributed by atoms with Crippen LogP contribution in [0.25, 0.3) is 0 Å². The molecule has 0 amide bonds. The van der Waals surface area contributed by atoms with Crippen molar-refractivity contribution in [2.45, 2.75) is 52.4 Å². The monoisotopic (exact) mass is 215 g/mol. The SMILES string of the molecule is CCNC(COC(C)C)C1COC(C)C1. The van der Waals surface area contributed by atoms with E-state index in [1.54, 1.807) is 0 Å². The predicted molar refractivity (Wildman–Crippen MR) is 62.1 cm³/mol. The highest BCUT2D eigenvalue weighted by molar-refractivity contribution is 4.82. The van der Waals surface area contributed by atoms with Crippen LogP contribution in [-0.4, -0.2) is 38.0 Å². The molecule has 1 aliphatic heterocycles. The highest BCUT2D eigenvalue weighted by Crippen LogP contribution is 2.22. The molecule has 3 nitrogen and oxygen atoms in total. The van der Waals surface area contributed by atoms with Gasteiger partial charge in [-0.3, -0.25) is 0 Å². The van der Waals surface area contributed by atoms with E-state index in [1.807, 2.05) is 0 Å². The maximum Gasteiger partial charge on any atom is 0.0626 e. The molecule has 1 N–H and O–H groups in total. The first-order chi connectivity index (χ1) is 7.13. The van der Waals surface area contributed by atoms with Crippen LogP contribution in [0.1, 0.15) is 34.1 Å². The second kappa shape index (κ2) is 6.46. The zero-order valence-electron chi connectivity index (χ0n) is 10.5. The second-order valence-corrected chi connectivity index (χ2v) is 4.69. The van der Waals surface area contributed by atoms with Gasteiger partial charge in [-0.05, 0) is 33.7 Å². The van der Waals surface area contributed by atoms with Crippen LogP contribution < -0.4 is 5.32 Å². The van der Waals surface area contributed by atoms with E-state index in [0.717, 1.165) is 26.2 Å². The number of nitrogens with one attached hydrogen (secondary N) is 1. The second-order valence-electron chi connectivity index (χ2n) is 4.69. The molecule has 90 valence electrons. The van der Waals surface area contributed by atoms with Crippen LogP contribution in [0.4, 0.5) is 0 Å². The van der Waals surface area contributed by atoms with Gasteiger partial charge >= 0.3 is 0 Å². The molecule has 0 aromatic carbocycles. The molecule has 3 atom stereocenters. The summed E-state index contributed by atoms with van der Waals surface area (Å²) in [6.07, 6.45) is 1.88. The molecule has 1 rings (SSSR count). The van der Waals surface area contributed by atoms with Crippen molar-refractivity contribution in [3.8, 4) is 0 Å². The van der Waals surface area contributed by atoms with Crippen molar-refractivity contribution in [1.29, 1.82) is 0 Å². The standard InChI is InChI=1S/C12H25NO2/c1-5-13-12(8-14-9(2)3)11-6-10(4)15-7-11/h9-13H,5-8H2,1-4H3. The molecule has 0 aliphatic carbocycles. The largest absolute Gasteiger partial charge is 0.378 e. The van der Waals surface area contributed by atoms with Gasteiger partial charge in [0, 0.05) is 12.0 Å². The van der Waals surface area contributed by atoms with E-state index in [4.69, 9.17) is 9.47 Å². The van der Waals surface area contributed by atoms with Gasteiger partial charge in [0.25, 0.3) is 0 Å². The van der Waals surface area contributed by atoms with E-state index in [0.29, 0.717) is 24.2 Å². The predicted octanol–water partition coefficient (Wildman–Crippen LogP) is 1.81. The van der Waals surface area contributed by atoms with Crippen molar-refractivity contribution < 1.29 is 9.47 Å². The van der Waals surface area contributed by atoms with E-state index in [1.165, 1.54) is 0 Å². The molecular formula is C12H25NO2. The van der Waals surface area contributed by atoms with Crippen LogP contribution >= 0.6 is 0 Å². The van der Waals surface area contributed by atoms with Gasteiger partial charge < -0.3 is 14.8 Å². The van der Waals surface area contributed by atoms with Crippen molar-refractivity contribution in [3.63, 3.8) is 0 Å². The van der Waals surface area contributed by atoms with Crippen LogP contribution in [0.2, 0.25) is 0 Å². The third kappa shape index (κ3) is 4.49. The molecule has 0 aromatic rings. The Hall–Kier alpha value is -0.120. The molecule has 1 heterocycles. The fourth-order valence-electron chi connectivity index (χ4n) is 2.05. The maximum atomic E-state index is 5.69. The summed E-state index contributed by atoms with van der Waals surface area (Å²) in [5.41, 5.74) is 0. The van der Waals surface area contributed by atoms with Gasteiger partial charge in [0.15, 0.2) is 0 Å². The topological polar surface area (TPSA) is 30.5 Å². The summed E-state index contributed by atoms with van der Waals surface area (Å²) in [7, 11) is 0. The van der Waals surface area contributed by atoms with Gasteiger partial charge in [-0.1, -0.05) is 6.92 Å². The maximum absolute atomic E-state index is 5.69. The minimum Gasteiger partial charge on any atom is -0.378 e. The number of ether oxygens (including phenoxy) is 2. The van der Waals surface area contributed by atoms with Crippen LogP contribution in [0.15, 0.2) is 0 Å². The van der Waals surface area contributed by atoms with Crippen molar-refractivity contribution in [3.05, 3.63) is 0 Å². The zero-order valence-corrected chi connectivity index (χ0v) is 10.5. The molecule has 0 radical (unpaired) electrons. The van der Waals surface area contributed by atoms with Crippen molar-refractivity contribution in [2.24, 2.45) is 5.92 Å². The molecule has 15 heavy (non-hydrogen) atoms. The van der Waals surface area contributed by atoms with Crippen LogP contribution in [0.5, 0.6) is 0 Å². The van der Waals surface area contributed by atoms with Gasteiger partial charge in [0.05, 0.1) is 25.4 Å². The Morgan fingerprint density at radius 1 is 1.47 bits per heavy atom. The van der Waals surface area contributed by atoms with E-state index in [2.05, 4.69) is 33.0 Å². The quantitative estimate of drug-likeness (QED) is 0.733. The highest BCUT2D eigenvalue weighted by atomic mass is 16.5. The van der Waals surface area contributed by atoms with E-state index in [9.17, 15) is 0 Å².